The first-order valence-electron chi connectivity index (χ1n) is 9.41. The van der Waals surface area contributed by atoms with Crippen LogP contribution in [-0.2, 0) is 4.79 Å². The minimum atomic E-state index is 0.299. The van der Waals surface area contributed by atoms with Crippen LogP contribution in [0.3, 0.4) is 0 Å². The largest absolute Gasteiger partial charge is 0.352 e. The Bertz CT molecular complexity index is 402. The number of likely N-dealkylation sites (tertiary alicyclic amines) is 1. The van der Waals surface area contributed by atoms with Crippen molar-refractivity contribution in [2.75, 3.05) is 19.6 Å². The van der Waals surface area contributed by atoms with Gasteiger partial charge in [0.25, 0.3) is 0 Å². The van der Waals surface area contributed by atoms with Gasteiger partial charge in [-0.2, -0.15) is 0 Å². The van der Waals surface area contributed by atoms with Gasteiger partial charge in [-0.25, -0.2) is 0 Å². The van der Waals surface area contributed by atoms with Crippen LogP contribution in [0.15, 0.2) is 0 Å². The van der Waals surface area contributed by atoms with Crippen LogP contribution in [0.1, 0.15) is 65.7 Å². The third-order valence-corrected chi connectivity index (χ3v) is 5.80. The van der Waals surface area contributed by atoms with Gasteiger partial charge in [0.1, 0.15) is 0 Å². The van der Waals surface area contributed by atoms with Gasteiger partial charge in [0.05, 0.1) is 0 Å². The number of nitrogens with zero attached hydrogens (tertiary/aromatic N) is 1. The first kappa shape index (κ1) is 16.3. The van der Waals surface area contributed by atoms with E-state index in [9.17, 15) is 4.79 Å². The standard InChI is InChI=1S/C19H34N2O/c1-14-8-16(11-19(2,3)10-14)9-18(22)20-17-6-7-21(13-17)12-15-4-5-15/h14-17H,4-13H2,1-3H3,(H,20,22)/t14-,16+,17-/m1/s1. The molecule has 3 heteroatoms. The Morgan fingerprint density at radius 2 is 1.95 bits per heavy atom. The molecule has 1 amide bonds. The van der Waals surface area contributed by atoms with Crippen molar-refractivity contribution >= 4 is 5.91 Å². The summed E-state index contributed by atoms with van der Waals surface area (Å²) in [6.45, 7) is 10.6. The third-order valence-electron chi connectivity index (χ3n) is 5.80. The van der Waals surface area contributed by atoms with Crippen LogP contribution in [0, 0.1) is 23.2 Å². The summed E-state index contributed by atoms with van der Waals surface area (Å²) in [6, 6.07) is 0.403. The fourth-order valence-electron chi connectivity index (χ4n) is 5.03. The van der Waals surface area contributed by atoms with Gasteiger partial charge in [0, 0.05) is 32.1 Å². The molecule has 3 atom stereocenters. The molecule has 1 N–H and O–H groups in total. The Labute approximate surface area is 136 Å². The molecule has 126 valence electrons. The van der Waals surface area contributed by atoms with Crippen LogP contribution in [-0.4, -0.2) is 36.5 Å². The molecule has 0 unspecified atom stereocenters. The normalized spacial score (nSPS) is 35.5. The lowest BCUT2D eigenvalue weighted by Gasteiger charge is -2.38. The highest BCUT2D eigenvalue weighted by molar-refractivity contribution is 5.76. The minimum Gasteiger partial charge on any atom is -0.352 e. The first-order chi connectivity index (χ1) is 10.4. The molecule has 3 fully saturated rings. The van der Waals surface area contributed by atoms with Crippen LogP contribution in [0.25, 0.3) is 0 Å². The van der Waals surface area contributed by atoms with Crippen molar-refractivity contribution < 1.29 is 4.79 Å². The van der Waals surface area contributed by atoms with Crippen LogP contribution in [0.4, 0.5) is 0 Å². The monoisotopic (exact) mass is 306 g/mol. The number of nitrogens with one attached hydrogen (secondary N) is 1. The van der Waals surface area contributed by atoms with E-state index in [-0.39, 0.29) is 0 Å². The van der Waals surface area contributed by atoms with Crippen molar-refractivity contribution in [1.29, 1.82) is 0 Å². The molecule has 22 heavy (non-hydrogen) atoms. The Kier molecular flexibility index (Phi) is 4.82. The average molecular weight is 306 g/mol. The molecule has 0 aromatic rings. The van der Waals surface area contributed by atoms with Gasteiger partial charge in [-0.05, 0) is 61.7 Å². The Morgan fingerprint density at radius 1 is 1.18 bits per heavy atom. The summed E-state index contributed by atoms with van der Waals surface area (Å²) in [5.74, 6) is 2.61. The lowest BCUT2D eigenvalue weighted by atomic mass is 9.67. The highest BCUT2D eigenvalue weighted by atomic mass is 16.1. The predicted molar refractivity (Wildman–Crippen MR) is 90.6 cm³/mol. The molecule has 1 aliphatic heterocycles. The van der Waals surface area contributed by atoms with E-state index >= 15 is 0 Å². The second-order valence-corrected chi connectivity index (χ2v) is 9.24. The van der Waals surface area contributed by atoms with Crippen LogP contribution >= 0.6 is 0 Å². The lowest BCUT2D eigenvalue weighted by molar-refractivity contribution is -0.123. The van der Waals surface area contributed by atoms with E-state index in [0.717, 1.165) is 31.2 Å². The Balaban J connectivity index is 1.40. The van der Waals surface area contributed by atoms with Crippen molar-refractivity contribution in [3.63, 3.8) is 0 Å². The zero-order valence-corrected chi connectivity index (χ0v) is 14.7. The number of carbonyl (C=O) groups excluding carboxylic acids is 1. The van der Waals surface area contributed by atoms with E-state index in [1.165, 1.54) is 45.2 Å². The highest BCUT2D eigenvalue weighted by Gasteiger charge is 2.34. The van der Waals surface area contributed by atoms with Gasteiger partial charge in [-0.1, -0.05) is 20.8 Å². The number of rotatable bonds is 5. The molecule has 3 aliphatic rings. The van der Waals surface area contributed by atoms with E-state index in [4.69, 9.17) is 0 Å². The molecule has 0 aromatic carbocycles. The molecule has 2 aliphatic carbocycles. The quantitative estimate of drug-likeness (QED) is 0.844. The highest BCUT2D eigenvalue weighted by Crippen LogP contribution is 2.42. The topological polar surface area (TPSA) is 32.3 Å². The summed E-state index contributed by atoms with van der Waals surface area (Å²) in [6.07, 6.45) is 8.48. The predicted octanol–water partition coefficient (Wildman–Crippen LogP) is 3.44. The first-order valence-corrected chi connectivity index (χ1v) is 9.41. The number of amides is 1. The lowest BCUT2D eigenvalue weighted by Crippen LogP contribution is -2.39. The number of carbonyl (C=O) groups is 1. The van der Waals surface area contributed by atoms with Crippen molar-refractivity contribution in [3.8, 4) is 0 Å². The van der Waals surface area contributed by atoms with Gasteiger partial charge in [0.15, 0.2) is 0 Å². The van der Waals surface area contributed by atoms with E-state index in [1.807, 2.05) is 0 Å². The Morgan fingerprint density at radius 3 is 2.64 bits per heavy atom. The third kappa shape index (κ3) is 4.71. The molecule has 0 spiro atoms. The van der Waals surface area contributed by atoms with E-state index < -0.39 is 0 Å². The van der Waals surface area contributed by atoms with E-state index in [1.54, 1.807) is 0 Å². The molecule has 3 rings (SSSR count). The molecule has 3 nitrogen and oxygen atoms in total. The van der Waals surface area contributed by atoms with Gasteiger partial charge >= 0.3 is 0 Å². The fourth-order valence-corrected chi connectivity index (χ4v) is 5.03. The van der Waals surface area contributed by atoms with Crippen molar-refractivity contribution in [1.82, 2.24) is 10.2 Å². The van der Waals surface area contributed by atoms with Gasteiger partial charge in [-0.15, -0.1) is 0 Å². The zero-order chi connectivity index (χ0) is 15.7. The summed E-state index contributed by atoms with van der Waals surface area (Å²) in [5.41, 5.74) is 0.414. The van der Waals surface area contributed by atoms with E-state index in [0.29, 0.717) is 23.3 Å². The molecular formula is C19H34N2O. The molecular weight excluding hydrogens is 272 g/mol. The van der Waals surface area contributed by atoms with E-state index in [2.05, 4.69) is 31.0 Å². The number of hydrogen-bond donors (Lipinski definition) is 1. The molecule has 0 aromatic heterocycles. The van der Waals surface area contributed by atoms with Crippen molar-refractivity contribution in [2.45, 2.75) is 71.8 Å². The SMILES string of the molecule is C[C@@H]1C[C@@H](CC(=O)N[C@@H]2CCN(CC3CC3)C2)CC(C)(C)C1. The molecule has 1 heterocycles. The number of hydrogen-bond acceptors (Lipinski definition) is 2. The fraction of sp³-hybridized carbons (Fsp3) is 0.947. The molecule has 0 radical (unpaired) electrons. The second kappa shape index (κ2) is 6.51. The average Bonchev–Trinajstić information content (AvgIpc) is 3.06. The summed E-state index contributed by atoms with van der Waals surface area (Å²) in [4.78, 5) is 14.9. The maximum absolute atomic E-state index is 12.4. The molecule has 1 saturated heterocycles. The van der Waals surface area contributed by atoms with Crippen molar-refractivity contribution in [3.05, 3.63) is 0 Å². The van der Waals surface area contributed by atoms with Gasteiger partial charge in [0.2, 0.25) is 5.91 Å². The van der Waals surface area contributed by atoms with Gasteiger partial charge in [-0.3, -0.25) is 4.79 Å². The smallest absolute Gasteiger partial charge is 0.220 e. The summed E-state index contributed by atoms with van der Waals surface area (Å²) >= 11 is 0. The zero-order valence-electron chi connectivity index (χ0n) is 14.7. The summed E-state index contributed by atoms with van der Waals surface area (Å²) in [5, 5.41) is 3.31. The molecule has 2 saturated carbocycles. The van der Waals surface area contributed by atoms with Gasteiger partial charge < -0.3 is 10.2 Å². The van der Waals surface area contributed by atoms with Crippen LogP contribution < -0.4 is 5.32 Å². The summed E-state index contributed by atoms with van der Waals surface area (Å²) < 4.78 is 0. The molecule has 0 bridgehead atoms. The Hall–Kier alpha value is -0.570. The summed E-state index contributed by atoms with van der Waals surface area (Å²) in [7, 11) is 0. The maximum atomic E-state index is 12.4. The maximum Gasteiger partial charge on any atom is 0.220 e. The van der Waals surface area contributed by atoms with Crippen LogP contribution in [0.2, 0.25) is 0 Å². The minimum absolute atomic E-state index is 0.299. The van der Waals surface area contributed by atoms with Crippen molar-refractivity contribution in [2.24, 2.45) is 23.2 Å². The second-order valence-electron chi connectivity index (χ2n) is 9.24. The van der Waals surface area contributed by atoms with Crippen LogP contribution in [0.5, 0.6) is 0 Å².